The van der Waals surface area contributed by atoms with Crippen LogP contribution in [0.1, 0.15) is 47.5 Å². The monoisotopic (exact) mass is 586 g/mol. The minimum atomic E-state index is -1.20. The fourth-order valence-corrected chi connectivity index (χ4v) is 5.66. The molecule has 0 bridgehead atoms. The number of amides is 4. The molecule has 4 amide bonds. The molecule has 226 valence electrons. The van der Waals surface area contributed by atoms with Gasteiger partial charge in [-0.05, 0) is 53.5 Å². The Labute approximate surface area is 252 Å². The zero-order valence-corrected chi connectivity index (χ0v) is 25.5. The molecule has 12 heteroatoms. The van der Waals surface area contributed by atoms with Crippen molar-refractivity contribution in [3.63, 3.8) is 0 Å². The number of alkyl carbamates (subject to hydrolysis) is 1. The highest BCUT2D eigenvalue weighted by Crippen LogP contribution is 2.39. The summed E-state index contributed by atoms with van der Waals surface area (Å²) < 4.78 is 5.47. The first kappa shape index (κ1) is 29.8. The quantitative estimate of drug-likeness (QED) is 0.542. The number of nitrogens with zero attached hydrogens (tertiary/aromatic N) is 7. The number of imide groups is 1. The molecule has 1 N–H and O–H groups in total. The smallest absolute Gasteiger partial charge is 0.407 e. The predicted octanol–water partition coefficient (Wildman–Crippen LogP) is 3.31. The van der Waals surface area contributed by atoms with E-state index in [1.807, 2.05) is 56.0 Å². The number of carbonyl (C=O) groups excluding carboxylic acids is 3. The number of hydrogen-bond donors (Lipinski definition) is 1. The summed E-state index contributed by atoms with van der Waals surface area (Å²) in [5.74, 6) is 6.08. The number of hydrogen-bond acceptors (Lipinski definition) is 9. The minimum absolute atomic E-state index is 0.000161. The molecule has 3 aliphatic rings. The Hall–Kier alpha value is -4.66. The molecule has 0 spiro atoms. The van der Waals surface area contributed by atoms with Crippen LogP contribution in [0, 0.1) is 11.8 Å². The highest BCUT2D eigenvalue weighted by Gasteiger charge is 2.61. The van der Waals surface area contributed by atoms with Gasteiger partial charge in [-0.15, -0.1) is 5.92 Å². The molecule has 5 rings (SSSR count). The van der Waals surface area contributed by atoms with E-state index in [-0.39, 0.29) is 18.5 Å². The van der Waals surface area contributed by atoms with E-state index >= 15 is 0 Å². The molecular weight excluding hydrogens is 548 g/mol. The molecule has 1 aromatic heterocycles. The van der Waals surface area contributed by atoms with Crippen molar-refractivity contribution in [1.29, 1.82) is 0 Å². The second-order valence-electron chi connectivity index (χ2n) is 12.0. The van der Waals surface area contributed by atoms with Gasteiger partial charge in [-0.3, -0.25) is 9.69 Å². The number of carbonyl (C=O) groups is 3. The molecule has 4 heterocycles. The van der Waals surface area contributed by atoms with E-state index in [1.54, 1.807) is 33.2 Å². The van der Waals surface area contributed by atoms with Gasteiger partial charge in [0.1, 0.15) is 5.60 Å². The Balaban J connectivity index is 1.45. The molecule has 3 aliphatic heterocycles. The Kier molecular flexibility index (Phi) is 8.01. The van der Waals surface area contributed by atoms with Crippen molar-refractivity contribution < 1.29 is 19.1 Å². The van der Waals surface area contributed by atoms with E-state index in [4.69, 9.17) is 9.73 Å². The number of aromatic nitrogens is 2. The van der Waals surface area contributed by atoms with E-state index in [2.05, 4.69) is 32.0 Å². The van der Waals surface area contributed by atoms with Crippen molar-refractivity contribution in [1.82, 2.24) is 30.0 Å². The van der Waals surface area contributed by atoms with E-state index in [1.165, 1.54) is 4.90 Å². The van der Waals surface area contributed by atoms with Crippen molar-refractivity contribution in [2.24, 2.45) is 4.99 Å². The molecule has 0 radical (unpaired) electrons. The normalized spacial score (nSPS) is 23.8. The van der Waals surface area contributed by atoms with Crippen LogP contribution in [0.3, 0.4) is 0 Å². The molecule has 3 atom stereocenters. The zero-order chi connectivity index (χ0) is 30.9. The van der Waals surface area contributed by atoms with Crippen LogP contribution in [0.25, 0.3) is 11.3 Å². The number of piperidine rings is 1. The first-order valence-electron chi connectivity index (χ1n) is 14.4. The maximum atomic E-state index is 14.3. The Morgan fingerprint density at radius 2 is 1.93 bits per heavy atom. The van der Waals surface area contributed by atoms with Crippen LogP contribution in [0.2, 0.25) is 0 Å². The number of urea groups is 1. The Morgan fingerprint density at radius 1 is 1.19 bits per heavy atom. The molecule has 2 unspecified atom stereocenters. The number of anilines is 1. The molecule has 12 nitrogen and oxygen atoms in total. The van der Waals surface area contributed by atoms with Crippen LogP contribution in [0.15, 0.2) is 47.6 Å². The van der Waals surface area contributed by atoms with Gasteiger partial charge in [0, 0.05) is 37.9 Å². The number of aliphatic imine (C=N–C) groups is 1. The lowest BCUT2D eigenvalue weighted by Crippen LogP contribution is -2.71. The maximum Gasteiger partial charge on any atom is 0.407 e. The van der Waals surface area contributed by atoms with E-state index < -0.39 is 35.3 Å². The number of rotatable bonds is 4. The van der Waals surface area contributed by atoms with Gasteiger partial charge in [-0.1, -0.05) is 36.3 Å². The summed E-state index contributed by atoms with van der Waals surface area (Å²) in [6.45, 7) is 10.3. The van der Waals surface area contributed by atoms with Gasteiger partial charge in [0.2, 0.25) is 11.9 Å². The summed E-state index contributed by atoms with van der Waals surface area (Å²) in [5, 5.41) is 2.97. The van der Waals surface area contributed by atoms with E-state index in [0.29, 0.717) is 24.7 Å². The summed E-state index contributed by atoms with van der Waals surface area (Å²) in [5.41, 5.74) is -0.372. The van der Waals surface area contributed by atoms with Crippen LogP contribution in [0.5, 0.6) is 0 Å². The number of guanidine groups is 1. The Morgan fingerprint density at radius 3 is 2.63 bits per heavy atom. The molecule has 2 fully saturated rings. The van der Waals surface area contributed by atoms with Gasteiger partial charge in [-0.25, -0.2) is 24.5 Å². The van der Waals surface area contributed by atoms with Crippen LogP contribution in [-0.2, 0) is 9.53 Å². The number of fused-ring (bicyclic) bond motifs is 1. The van der Waals surface area contributed by atoms with Gasteiger partial charge in [0.15, 0.2) is 11.7 Å². The van der Waals surface area contributed by atoms with Crippen LogP contribution in [-0.4, -0.2) is 98.7 Å². The van der Waals surface area contributed by atoms with Gasteiger partial charge in [0.25, 0.3) is 5.91 Å². The SMILES string of the molecule is CC#CCN1C(N2CCC[C@@H](NC(=O)OC(C)(C)C)C2)=NC2(C)C1C(=O)N(c1nccc(-c3ccccc3)n1)C(=O)N2C. The third kappa shape index (κ3) is 5.84. The van der Waals surface area contributed by atoms with Crippen molar-refractivity contribution in [3.05, 3.63) is 42.6 Å². The summed E-state index contributed by atoms with van der Waals surface area (Å²) in [6.07, 6.45) is 2.64. The number of ether oxygens (including phenoxy) is 1. The van der Waals surface area contributed by atoms with E-state index in [9.17, 15) is 14.4 Å². The largest absolute Gasteiger partial charge is 0.444 e. The standard InChI is InChI=1S/C31H38N8O4/c1-7-8-19-38-24-25(40)39(26-32-17-16-23(34-26)21-13-10-9-11-14-21)29(42)36(6)31(24,5)35-27(38)37-18-12-15-22(20-37)33-28(41)43-30(2,3)4/h9-11,13-14,16-17,22,24H,12,15,18-20H2,1-6H3,(H,33,41)/t22-,24?,31?/m1/s1. The van der Waals surface area contributed by atoms with E-state index in [0.717, 1.165) is 23.3 Å². The molecule has 0 saturated carbocycles. The molecular formula is C31H38N8O4. The number of benzene rings is 1. The highest BCUT2D eigenvalue weighted by atomic mass is 16.6. The van der Waals surface area contributed by atoms with Crippen LogP contribution in [0.4, 0.5) is 15.5 Å². The first-order chi connectivity index (χ1) is 20.4. The van der Waals surface area contributed by atoms with Crippen molar-refractivity contribution in [2.45, 2.75) is 70.8 Å². The number of nitrogens with one attached hydrogen (secondary N) is 1. The van der Waals surface area contributed by atoms with Crippen LogP contribution >= 0.6 is 0 Å². The van der Waals surface area contributed by atoms with Crippen molar-refractivity contribution >= 4 is 29.9 Å². The fraction of sp³-hybridized carbons (Fsp3) is 0.484. The zero-order valence-electron chi connectivity index (χ0n) is 25.5. The maximum absolute atomic E-state index is 14.3. The van der Waals surface area contributed by atoms with Crippen LogP contribution < -0.4 is 10.2 Å². The average Bonchev–Trinajstić information content (AvgIpc) is 3.28. The Bertz CT molecular complexity index is 1490. The molecule has 2 aromatic rings. The average molecular weight is 587 g/mol. The van der Waals surface area contributed by atoms with Crippen molar-refractivity contribution in [3.8, 4) is 23.1 Å². The lowest BCUT2D eigenvalue weighted by atomic mass is 9.97. The second-order valence-corrected chi connectivity index (χ2v) is 12.0. The van der Waals surface area contributed by atoms with Gasteiger partial charge >= 0.3 is 12.1 Å². The summed E-state index contributed by atoms with van der Waals surface area (Å²) in [6, 6.07) is 9.63. The topological polar surface area (TPSA) is 124 Å². The van der Waals surface area contributed by atoms with Gasteiger partial charge in [0.05, 0.1) is 12.2 Å². The lowest BCUT2D eigenvalue weighted by Gasteiger charge is -2.46. The number of likely N-dealkylation sites (N-methyl/N-ethyl adjacent to an activating group) is 1. The molecule has 2 saturated heterocycles. The second kappa shape index (κ2) is 11.6. The third-order valence-electron chi connectivity index (χ3n) is 7.79. The number of likely N-dealkylation sites (tertiary alicyclic amines) is 1. The molecule has 1 aromatic carbocycles. The molecule has 0 aliphatic carbocycles. The lowest BCUT2D eigenvalue weighted by molar-refractivity contribution is -0.127. The predicted molar refractivity (Wildman–Crippen MR) is 162 cm³/mol. The minimum Gasteiger partial charge on any atom is -0.444 e. The molecule has 43 heavy (non-hydrogen) atoms. The van der Waals surface area contributed by atoms with Gasteiger partial charge < -0.3 is 19.9 Å². The summed E-state index contributed by atoms with van der Waals surface area (Å²) >= 11 is 0. The summed E-state index contributed by atoms with van der Waals surface area (Å²) in [4.78, 5) is 60.9. The van der Waals surface area contributed by atoms with Gasteiger partial charge in [-0.2, -0.15) is 4.90 Å². The highest BCUT2D eigenvalue weighted by molar-refractivity contribution is 6.19. The summed E-state index contributed by atoms with van der Waals surface area (Å²) in [7, 11) is 1.63. The fourth-order valence-electron chi connectivity index (χ4n) is 5.66. The third-order valence-corrected chi connectivity index (χ3v) is 7.79. The van der Waals surface area contributed by atoms with Crippen molar-refractivity contribution in [2.75, 3.05) is 31.6 Å². The first-order valence-corrected chi connectivity index (χ1v) is 14.4.